The van der Waals surface area contributed by atoms with Gasteiger partial charge in [-0.15, -0.1) is 0 Å². The summed E-state index contributed by atoms with van der Waals surface area (Å²) in [6.07, 6.45) is 5.01. The Kier molecular flexibility index (Phi) is 4.26. The Morgan fingerprint density at radius 2 is 1.61 bits per heavy atom. The molecule has 0 atom stereocenters. The molecule has 0 amide bonds. The first-order chi connectivity index (χ1) is 11.1. The van der Waals surface area contributed by atoms with E-state index in [9.17, 15) is 8.42 Å². The number of sulfone groups is 1. The van der Waals surface area contributed by atoms with Gasteiger partial charge in [0.1, 0.15) is 0 Å². The van der Waals surface area contributed by atoms with Gasteiger partial charge in [-0.05, 0) is 39.6 Å². The molecule has 0 unspecified atom stereocenters. The van der Waals surface area contributed by atoms with E-state index >= 15 is 0 Å². The van der Waals surface area contributed by atoms with Crippen molar-refractivity contribution in [1.29, 1.82) is 0 Å². The van der Waals surface area contributed by atoms with Crippen LogP contribution in [-0.2, 0) is 21.3 Å². The van der Waals surface area contributed by atoms with Gasteiger partial charge in [-0.1, -0.05) is 49.1 Å². The Morgan fingerprint density at radius 1 is 0.913 bits per heavy atom. The summed E-state index contributed by atoms with van der Waals surface area (Å²) in [6, 6.07) is 15.1. The van der Waals surface area contributed by atoms with Crippen LogP contribution in [0.25, 0.3) is 16.8 Å². The summed E-state index contributed by atoms with van der Waals surface area (Å²) in [5, 5.41) is 1.99. The first kappa shape index (κ1) is 15.4. The van der Waals surface area contributed by atoms with Gasteiger partial charge in [-0.2, -0.15) is 0 Å². The third-order valence-electron chi connectivity index (χ3n) is 3.78. The topological polar surface area (TPSA) is 47.0 Å². The largest absolute Gasteiger partial charge is 0.265 e. The minimum Gasteiger partial charge on any atom is -0.265 e. The average Bonchev–Trinajstić information content (AvgIpc) is 2.55. The van der Waals surface area contributed by atoms with Crippen molar-refractivity contribution < 1.29 is 8.42 Å². The van der Waals surface area contributed by atoms with E-state index in [1.807, 2.05) is 36.4 Å². The molecule has 23 heavy (non-hydrogen) atoms. The van der Waals surface area contributed by atoms with Crippen LogP contribution in [-0.4, -0.2) is 13.4 Å². The predicted molar refractivity (Wildman–Crippen MR) is 94.6 cm³/mol. The van der Waals surface area contributed by atoms with Gasteiger partial charge in [0.15, 0.2) is 9.84 Å². The van der Waals surface area contributed by atoms with Crippen LogP contribution in [0.2, 0.25) is 0 Å². The number of fused-ring (bicyclic) bond motifs is 1. The van der Waals surface area contributed by atoms with Crippen LogP contribution >= 0.6 is 0 Å². The van der Waals surface area contributed by atoms with Gasteiger partial charge < -0.3 is 0 Å². The Balaban J connectivity index is 1.97. The van der Waals surface area contributed by atoms with Gasteiger partial charge >= 0.3 is 0 Å². The summed E-state index contributed by atoms with van der Waals surface area (Å²) in [5.74, 6) is 0.0420. The number of hydrogen-bond acceptors (Lipinski definition) is 3. The third kappa shape index (κ3) is 3.48. The summed E-state index contributed by atoms with van der Waals surface area (Å²) in [4.78, 5) is 3.92. The highest BCUT2D eigenvalue weighted by Crippen LogP contribution is 2.25. The third-order valence-corrected chi connectivity index (χ3v) is 5.30. The smallest absolute Gasteiger partial charge is 0.158 e. The quantitative estimate of drug-likeness (QED) is 0.713. The minimum absolute atomic E-state index is 0.0209. The molecule has 3 nitrogen and oxygen atoms in total. The zero-order chi connectivity index (χ0) is 16.3. The highest BCUT2D eigenvalue weighted by Gasteiger charge is 2.15. The fourth-order valence-electron chi connectivity index (χ4n) is 2.71. The maximum Gasteiger partial charge on any atom is 0.158 e. The zero-order valence-electron chi connectivity index (χ0n) is 12.6. The average molecular weight is 323 g/mol. The molecule has 0 bridgehead atoms. The molecule has 4 heteroatoms. The molecule has 0 saturated heterocycles. The number of nitrogens with zero attached hydrogens (tertiary/aromatic N) is 1. The molecule has 0 aliphatic rings. The number of hydrogen-bond donors (Lipinski definition) is 0. The molecule has 0 N–H and O–H groups in total. The summed E-state index contributed by atoms with van der Waals surface area (Å²) in [6.45, 7) is 3.82. The molecule has 3 aromatic rings. The minimum atomic E-state index is -3.25. The zero-order valence-corrected chi connectivity index (χ0v) is 13.5. The van der Waals surface area contributed by atoms with Crippen LogP contribution < -0.4 is 0 Å². The van der Waals surface area contributed by atoms with Crippen molar-refractivity contribution in [2.45, 2.75) is 11.5 Å². The molecule has 0 aliphatic carbocycles. The normalized spacial score (nSPS) is 11.5. The molecule has 0 aliphatic heterocycles. The lowest BCUT2D eigenvalue weighted by Crippen LogP contribution is -2.08. The first-order valence-electron chi connectivity index (χ1n) is 7.31. The van der Waals surface area contributed by atoms with Crippen molar-refractivity contribution in [3.8, 4) is 0 Å². The molecule has 1 aromatic heterocycles. The van der Waals surface area contributed by atoms with Gasteiger partial charge in [0, 0.05) is 12.4 Å². The molecule has 0 radical (unpaired) electrons. The van der Waals surface area contributed by atoms with E-state index in [-0.39, 0.29) is 11.5 Å². The highest BCUT2D eigenvalue weighted by molar-refractivity contribution is 7.89. The van der Waals surface area contributed by atoms with E-state index in [0.717, 1.165) is 27.5 Å². The van der Waals surface area contributed by atoms with Gasteiger partial charge in [0.2, 0.25) is 0 Å². The maximum atomic E-state index is 12.5. The van der Waals surface area contributed by atoms with Crippen molar-refractivity contribution in [2.75, 3.05) is 0 Å². The lowest BCUT2D eigenvalue weighted by atomic mass is 10.0. The maximum absolute atomic E-state index is 12.5. The SMILES string of the molecule is C=Cc1ccc(CS(=O)(=O)Cc2ccncc2)c2ccccc12. The Hall–Kier alpha value is -2.46. The molecular formula is C19H17NO2S. The monoisotopic (exact) mass is 323 g/mol. The fourth-order valence-corrected chi connectivity index (χ4v) is 4.24. The molecule has 0 spiro atoms. The van der Waals surface area contributed by atoms with Crippen molar-refractivity contribution >= 4 is 26.7 Å². The van der Waals surface area contributed by atoms with Crippen molar-refractivity contribution in [2.24, 2.45) is 0 Å². The Morgan fingerprint density at radius 3 is 2.30 bits per heavy atom. The second kappa shape index (κ2) is 6.34. The molecule has 3 rings (SSSR count). The van der Waals surface area contributed by atoms with Crippen molar-refractivity contribution in [3.05, 3.63) is 84.2 Å². The fraction of sp³-hybridized carbons (Fsp3) is 0.105. The number of rotatable bonds is 5. The molecule has 0 fully saturated rings. The second-order valence-electron chi connectivity index (χ2n) is 5.45. The Labute approximate surface area is 136 Å². The van der Waals surface area contributed by atoms with Crippen LogP contribution in [0.5, 0.6) is 0 Å². The summed E-state index contributed by atoms with van der Waals surface area (Å²) in [5.41, 5.74) is 2.59. The summed E-state index contributed by atoms with van der Waals surface area (Å²) in [7, 11) is -3.25. The van der Waals surface area contributed by atoms with Gasteiger partial charge in [0.05, 0.1) is 11.5 Å². The van der Waals surface area contributed by atoms with E-state index in [2.05, 4.69) is 11.6 Å². The van der Waals surface area contributed by atoms with E-state index in [1.54, 1.807) is 30.6 Å². The standard InChI is InChI=1S/C19H17NO2S/c1-2-16-7-8-17(19-6-4-3-5-18(16)19)14-23(21,22)13-15-9-11-20-12-10-15/h2-12H,1,13-14H2. The number of benzene rings is 2. The van der Waals surface area contributed by atoms with Crippen LogP contribution in [0.1, 0.15) is 16.7 Å². The van der Waals surface area contributed by atoms with Crippen molar-refractivity contribution in [3.63, 3.8) is 0 Å². The molecular weight excluding hydrogens is 306 g/mol. The number of aromatic nitrogens is 1. The van der Waals surface area contributed by atoms with E-state index < -0.39 is 9.84 Å². The molecule has 116 valence electrons. The van der Waals surface area contributed by atoms with Crippen LogP contribution in [0.3, 0.4) is 0 Å². The van der Waals surface area contributed by atoms with E-state index in [4.69, 9.17) is 0 Å². The van der Waals surface area contributed by atoms with E-state index in [0.29, 0.717) is 0 Å². The lowest BCUT2D eigenvalue weighted by Gasteiger charge is -2.10. The van der Waals surface area contributed by atoms with E-state index in [1.165, 1.54) is 0 Å². The molecule has 0 saturated carbocycles. The van der Waals surface area contributed by atoms with Gasteiger partial charge in [-0.3, -0.25) is 4.98 Å². The highest BCUT2D eigenvalue weighted by atomic mass is 32.2. The summed E-state index contributed by atoms with van der Waals surface area (Å²) < 4.78 is 25.1. The van der Waals surface area contributed by atoms with Gasteiger partial charge in [0.25, 0.3) is 0 Å². The van der Waals surface area contributed by atoms with Crippen LogP contribution in [0, 0.1) is 0 Å². The summed E-state index contributed by atoms with van der Waals surface area (Å²) >= 11 is 0. The van der Waals surface area contributed by atoms with Gasteiger partial charge in [-0.25, -0.2) is 8.42 Å². The molecule has 2 aromatic carbocycles. The first-order valence-corrected chi connectivity index (χ1v) is 9.13. The Bertz CT molecular complexity index is 948. The lowest BCUT2D eigenvalue weighted by molar-refractivity contribution is 0.594. The predicted octanol–water partition coefficient (Wildman–Crippen LogP) is 3.99. The van der Waals surface area contributed by atoms with Crippen LogP contribution in [0.4, 0.5) is 0 Å². The second-order valence-corrected chi connectivity index (χ2v) is 7.52. The van der Waals surface area contributed by atoms with Crippen LogP contribution in [0.15, 0.2) is 67.5 Å². The molecule has 1 heterocycles. The number of pyridine rings is 1. The van der Waals surface area contributed by atoms with Crippen molar-refractivity contribution in [1.82, 2.24) is 4.98 Å².